The fraction of sp³-hybridized carbons (Fsp3) is 0. The molecule has 3 aliphatic rings. The van der Waals surface area contributed by atoms with Gasteiger partial charge in [-0.25, -0.2) is 0 Å². The molecule has 3 aliphatic heterocycles. The molecule has 0 saturated heterocycles. The van der Waals surface area contributed by atoms with Crippen LogP contribution in [0.1, 0.15) is 0 Å². The number of oxime groups is 1. The number of nitriles is 1. The Balaban J connectivity index is 2.40. The third kappa shape index (κ3) is 1.29. The molecule has 3 rings (SSSR count). The molecule has 0 saturated carbocycles. The molecule has 0 aliphatic carbocycles. The summed E-state index contributed by atoms with van der Waals surface area (Å²) in [5, 5.41) is 12.4. The average Bonchev–Trinajstić information content (AvgIpc) is 2.27. The highest BCUT2D eigenvalue weighted by molar-refractivity contribution is 6.13. The van der Waals surface area contributed by atoms with Crippen molar-refractivity contribution in [1.82, 2.24) is 4.90 Å². The molecule has 68 valence electrons. The van der Waals surface area contributed by atoms with Gasteiger partial charge in [-0.1, -0.05) is 5.16 Å². The first-order valence-electron chi connectivity index (χ1n) is 3.98. The van der Waals surface area contributed by atoms with Gasteiger partial charge < -0.3 is 9.74 Å². The highest BCUT2D eigenvalue weighted by atomic mass is 16.6. The Labute approximate surface area is 82.1 Å². The second kappa shape index (κ2) is 3.38. The van der Waals surface area contributed by atoms with E-state index in [2.05, 4.69) is 17.1 Å². The van der Waals surface area contributed by atoms with Crippen molar-refractivity contribution in [1.29, 1.82) is 5.26 Å². The number of allylic oxidation sites excluding steroid dienone is 3. The molecule has 0 fully saturated rings. The van der Waals surface area contributed by atoms with E-state index in [1.165, 1.54) is 0 Å². The Hall–Kier alpha value is -2.02. The highest BCUT2D eigenvalue weighted by Crippen LogP contribution is 2.26. The first kappa shape index (κ1) is 8.57. The van der Waals surface area contributed by atoms with Crippen LogP contribution in [-0.4, -0.2) is 10.6 Å². The molecular weight excluding hydrogens is 178 g/mol. The van der Waals surface area contributed by atoms with Gasteiger partial charge in [-0.05, 0) is 17.7 Å². The number of fused-ring (bicyclic) bond motifs is 1. The van der Waals surface area contributed by atoms with Crippen molar-refractivity contribution in [2.45, 2.75) is 0 Å². The van der Waals surface area contributed by atoms with Crippen molar-refractivity contribution < 1.29 is 4.84 Å². The summed E-state index contributed by atoms with van der Waals surface area (Å²) in [5.74, 6) is 0. The molecule has 0 atom stereocenters. The van der Waals surface area contributed by atoms with Crippen LogP contribution in [0.4, 0.5) is 0 Å². The molecular formula is C10H7N3O. The van der Waals surface area contributed by atoms with Gasteiger partial charge in [0, 0.05) is 18.0 Å². The lowest BCUT2D eigenvalue weighted by molar-refractivity contribution is 0.261. The van der Waals surface area contributed by atoms with Gasteiger partial charge in [-0.15, -0.1) is 0 Å². The van der Waals surface area contributed by atoms with Crippen LogP contribution in [0, 0.1) is 25.0 Å². The van der Waals surface area contributed by atoms with Gasteiger partial charge in [0.05, 0.1) is 6.54 Å². The second-order valence-electron chi connectivity index (χ2n) is 2.76. The van der Waals surface area contributed by atoms with Crippen molar-refractivity contribution >= 4 is 5.71 Å². The van der Waals surface area contributed by atoms with Crippen LogP contribution in [-0.2, 0) is 4.84 Å². The molecule has 14 heavy (non-hydrogen) atoms. The first-order chi connectivity index (χ1) is 6.85. The zero-order chi connectivity index (χ0) is 9.97. The normalized spacial score (nSPS) is 18.9. The SMILES string of the molecule is [CH2]O/N=C(\C#N)C1=C2C=CN([CH]1)C=C2. The van der Waals surface area contributed by atoms with Gasteiger partial charge in [0.2, 0.25) is 0 Å². The maximum atomic E-state index is 8.83. The Kier molecular flexibility index (Phi) is 2.07. The lowest BCUT2D eigenvalue weighted by Gasteiger charge is -2.26. The summed E-state index contributed by atoms with van der Waals surface area (Å²) in [7, 11) is 3.11. The molecule has 0 spiro atoms. The topological polar surface area (TPSA) is 48.6 Å². The van der Waals surface area contributed by atoms with Crippen LogP contribution in [0.15, 0.2) is 40.9 Å². The summed E-state index contributed by atoms with van der Waals surface area (Å²) >= 11 is 0. The Bertz CT molecular complexity index is 394. The summed E-state index contributed by atoms with van der Waals surface area (Å²) in [6.45, 7) is 1.82. The fourth-order valence-electron chi connectivity index (χ4n) is 1.32. The smallest absolute Gasteiger partial charge is 0.185 e. The predicted molar refractivity (Wildman–Crippen MR) is 50.9 cm³/mol. The zero-order valence-electron chi connectivity index (χ0n) is 7.34. The second-order valence-corrected chi connectivity index (χ2v) is 2.76. The summed E-state index contributed by atoms with van der Waals surface area (Å²) in [6, 6.07) is 1.96. The summed E-state index contributed by atoms with van der Waals surface area (Å²) in [5.41, 5.74) is 1.93. The van der Waals surface area contributed by atoms with Crippen LogP contribution in [0.2, 0.25) is 0 Å². The largest absolute Gasteiger partial charge is 0.391 e. The number of hydrogen-bond donors (Lipinski definition) is 0. The third-order valence-corrected chi connectivity index (χ3v) is 1.96. The molecule has 0 N–H and O–H groups in total. The van der Waals surface area contributed by atoms with Crippen LogP contribution in [0.3, 0.4) is 0 Å². The molecule has 0 amide bonds. The van der Waals surface area contributed by atoms with Gasteiger partial charge in [0.1, 0.15) is 6.07 Å². The Morgan fingerprint density at radius 1 is 1.50 bits per heavy atom. The molecule has 3 heterocycles. The van der Waals surface area contributed by atoms with E-state index in [4.69, 9.17) is 5.26 Å². The predicted octanol–water partition coefficient (Wildman–Crippen LogP) is 1.49. The fourth-order valence-corrected chi connectivity index (χ4v) is 1.32. The maximum Gasteiger partial charge on any atom is 0.185 e. The van der Waals surface area contributed by atoms with E-state index in [0.717, 1.165) is 11.1 Å². The van der Waals surface area contributed by atoms with Gasteiger partial charge in [0.15, 0.2) is 12.8 Å². The standard InChI is InChI=1S/C10H7N3O/c1-14-12-10(6-11)9-7-13-4-2-8(9)3-5-13/h2-5,7H,1H2/b12-10+. The monoisotopic (exact) mass is 185 g/mol. The maximum absolute atomic E-state index is 8.83. The molecule has 4 heteroatoms. The highest BCUT2D eigenvalue weighted by Gasteiger charge is 2.20. The summed E-state index contributed by atoms with van der Waals surface area (Å²) in [6.07, 6.45) is 7.62. The minimum atomic E-state index is 0.230. The average molecular weight is 185 g/mol. The van der Waals surface area contributed by atoms with Gasteiger partial charge in [-0.3, -0.25) is 0 Å². The van der Waals surface area contributed by atoms with E-state index in [-0.39, 0.29) is 5.71 Å². The van der Waals surface area contributed by atoms with Crippen molar-refractivity contribution in [2.75, 3.05) is 0 Å². The van der Waals surface area contributed by atoms with E-state index in [0.29, 0.717) is 0 Å². The summed E-state index contributed by atoms with van der Waals surface area (Å²) < 4.78 is 0. The molecule has 0 unspecified atom stereocenters. The Morgan fingerprint density at radius 2 is 2.21 bits per heavy atom. The lowest BCUT2D eigenvalue weighted by Crippen LogP contribution is -2.20. The van der Waals surface area contributed by atoms with Crippen LogP contribution >= 0.6 is 0 Å². The van der Waals surface area contributed by atoms with Gasteiger partial charge >= 0.3 is 0 Å². The molecule has 0 aromatic heterocycles. The zero-order valence-corrected chi connectivity index (χ0v) is 7.34. The van der Waals surface area contributed by atoms with Crippen molar-refractivity contribution in [3.63, 3.8) is 0 Å². The molecule has 2 radical (unpaired) electrons. The van der Waals surface area contributed by atoms with E-state index in [1.54, 1.807) is 0 Å². The molecule has 4 nitrogen and oxygen atoms in total. The minimum absolute atomic E-state index is 0.230. The lowest BCUT2D eigenvalue weighted by atomic mass is 9.98. The number of rotatable bonds is 2. The van der Waals surface area contributed by atoms with Crippen LogP contribution < -0.4 is 0 Å². The molecule has 0 aromatic carbocycles. The first-order valence-corrected chi connectivity index (χ1v) is 3.98. The van der Waals surface area contributed by atoms with E-state index in [9.17, 15) is 0 Å². The van der Waals surface area contributed by atoms with Crippen LogP contribution in [0.25, 0.3) is 0 Å². The minimum Gasteiger partial charge on any atom is -0.391 e. The van der Waals surface area contributed by atoms with E-state index >= 15 is 0 Å². The van der Waals surface area contributed by atoms with Gasteiger partial charge in [-0.2, -0.15) is 5.26 Å². The number of hydrogen-bond acceptors (Lipinski definition) is 4. The molecule has 0 aromatic rings. The summed E-state index contributed by atoms with van der Waals surface area (Å²) in [4.78, 5) is 6.20. The van der Waals surface area contributed by atoms with Crippen molar-refractivity contribution in [2.24, 2.45) is 5.16 Å². The Morgan fingerprint density at radius 3 is 2.64 bits per heavy atom. The number of nitrogens with zero attached hydrogens (tertiary/aromatic N) is 3. The van der Waals surface area contributed by atoms with E-state index < -0.39 is 0 Å². The quantitative estimate of drug-likeness (QED) is 0.483. The van der Waals surface area contributed by atoms with E-state index in [1.807, 2.05) is 42.1 Å². The van der Waals surface area contributed by atoms with Crippen molar-refractivity contribution in [3.8, 4) is 6.07 Å². The third-order valence-electron chi connectivity index (χ3n) is 1.96. The van der Waals surface area contributed by atoms with Crippen LogP contribution in [0.5, 0.6) is 0 Å². The van der Waals surface area contributed by atoms with Crippen molar-refractivity contribution in [3.05, 3.63) is 49.4 Å². The molecule has 2 bridgehead atoms. The van der Waals surface area contributed by atoms with Gasteiger partial charge in [0.25, 0.3) is 0 Å².